The van der Waals surface area contributed by atoms with E-state index in [9.17, 15) is 0 Å². The van der Waals surface area contributed by atoms with Crippen LogP contribution in [0.25, 0.3) is 16.9 Å². The first kappa shape index (κ1) is 16.7. The Kier molecular flexibility index (Phi) is 4.21. The quantitative estimate of drug-likeness (QED) is 0.752. The Hall–Kier alpha value is -2.71. The smallest absolute Gasteiger partial charge is 0.200 e. The van der Waals surface area contributed by atoms with Crippen molar-refractivity contribution in [2.24, 2.45) is 0 Å². The molecule has 3 aromatic rings. The lowest BCUT2D eigenvalue weighted by Crippen LogP contribution is -2.26. The van der Waals surface area contributed by atoms with Gasteiger partial charge < -0.3 is 19.5 Å². The van der Waals surface area contributed by atoms with Crippen molar-refractivity contribution in [1.82, 2.24) is 19.8 Å². The number of benzene rings is 1. The fraction of sp³-hybridized carbons (Fsp3) is 0.389. The van der Waals surface area contributed by atoms with Crippen LogP contribution in [0.5, 0.6) is 5.75 Å². The van der Waals surface area contributed by atoms with Gasteiger partial charge in [-0.15, -0.1) is 10.2 Å². The number of hydrogen-bond donors (Lipinski definition) is 1. The fourth-order valence-electron chi connectivity index (χ4n) is 2.95. The third-order valence-corrected chi connectivity index (χ3v) is 4.24. The van der Waals surface area contributed by atoms with Gasteiger partial charge in [-0.1, -0.05) is 0 Å². The molecule has 4 rings (SSSR count). The molecular weight excluding hydrogens is 334 g/mol. The van der Waals surface area contributed by atoms with E-state index in [4.69, 9.17) is 14.2 Å². The van der Waals surface area contributed by atoms with Crippen LogP contribution >= 0.6 is 0 Å². The number of aromatic nitrogens is 4. The third kappa shape index (κ3) is 3.33. The number of methoxy groups -OCH3 is 1. The van der Waals surface area contributed by atoms with Crippen molar-refractivity contribution in [2.45, 2.75) is 25.7 Å². The second kappa shape index (κ2) is 6.54. The Bertz CT molecular complexity index is 907. The van der Waals surface area contributed by atoms with E-state index in [0.717, 1.165) is 22.7 Å². The largest absolute Gasteiger partial charge is 0.497 e. The first-order chi connectivity index (χ1) is 12.5. The van der Waals surface area contributed by atoms with Crippen LogP contribution in [0, 0.1) is 0 Å². The van der Waals surface area contributed by atoms with Gasteiger partial charge in [0.05, 0.1) is 25.1 Å². The monoisotopic (exact) mass is 355 g/mol. The van der Waals surface area contributed by atoms with Crippen molar-refractivity contribution < 1.29 is 14.2 Å². The molecule has 1 unspecified atom stereocenters. The fourth-order valence-corrected chi connectivity index (χ4v) is 2.95. The van der Waals surface area contributed by atoms with Crippen LogP contribution in [0.1, 0.15) is 13.8 Å². The average Bonchev–Trinajstić information content (AvgIpc) is 3.25. The number of ether oxygens (including phenoxy) is 3. The lowest BCUT2D eigenvalue weighted by Gasteiger charge is -2.17. The van der Waals surface area contributed by atoms with E-state index < -0.39 is 5.79 Å². The summed E-state index contributed by atoms with van der Waals surface area (Å²) in [5.74, 6) is 0.265. The maximum Gasteiger partial charge on any atom is 0.200 e. The first-order valence-electron chi connectivity index (χ1n) is 8.45. The van der Waals surface area contributed by atoms with Crippen LogP contribution in [0.4, 0.5) is 5.69 Å². The summed E-state index contributed by atoms with van der Waals surface area (Å²) in [6.45, 7) is 4.99. The molecule has 1 atom stereocenters. The number of fused-ring (bicyclic) bond motifs is 1. The summed E-state index contributed by atoms with van der Waals surface area (Å²) in [6, 6.07) is 9.72. The minimum atomic E-state index is -0.539. The minimum absolute atomic E-state index is 0.0226. The van der Waals surface area contributed by atoms with Crippen LogP contribution in [0.15, 0.2) is 36.7 Å². The molecule has 136 valence electrons. The summed E-state index contributed by atoms with van der Waals surface area (Å²) in [6.07, 6.45) is 1.57. The van der Waals surface area contributed by atoms with E-state index in [1.54, 1.807) is 18.0 Å². The zero-order valence-corrected chi connectivity index (χ0v) is 15.0. The van der Waals surface area contributed by atoms with Crippen molar-refractivity contribution in [3.63, 3.8) is 0 Å². The summed E-state index contributed by atoms with van der Waals surface area (Å²) in [7, 11) is 1.65. The molecule has 1 saturated heterocycles. The molecule has 1 fully saturated rings. The van der Waals surface area contributed by atoms with Gasteiger partial charge in [-0.05, 0) is 44.2 Å². The Morgan fingerprint density at radius 1 is 1.31 bits per heavy atom. The first-order valence-corrected chi connectivity index (χ1v) is 8.45. The normalized spacial score (nSPS) is 19.0. The van der Waals surface area contributed by atoms with E-state index >= 15 is 0 Å². The highest BCUT2D eigenvalue weighted by molar-refractivity contribution is 5.73. The third-order valence-electron chi connectivity index (χ3n) is 4.24. The maximum absolute atomic E-state index is 5.85. The summed E-state index contributed by atoms with van der Waals surface area (Å²) in [5.41, 5.74) is 3.30. The van der Waals surface area contributed by atoms with E-state index in [2.05, 4.69) is 20.6 Å². The Morgan fingerprint density at radius 3 is 2.81 bits per heavy atom. The predicted octanol–water partition coefficient (Wildman–Crippen LogP) is 2.36. The zero-order valence-electron chi connectivity index (χ0n) is 15.0. The van der Waals surface area contributed by atoms with Crippen molar-refractivity contribution in [3.05, 3.63) is 36.7 Å². The predicted molar refractivity (Wildman–Crippen MR) is 96.2 cm³/mol. The number of nitrogens with one attached hydrogen (secondary N) is 1. The Morgan fingerprint density at radius 2 is 2.12 bits per heavy atom. The van der Waals surface area contributed by atoms with E-state index in [1.165, 1.54) is 0 Å². The summed E-state index contributed by atoms with van der Waals surface area (Å²) < 4.78 is 18.3. The van der Waals surface area contributed by atoms with Gasteiger partial charge in [0, 0.05) is 12.1 Å². The standard InChI is InChI=1S/C18H21N5O3/c1-18(2)25-10-14(26-18)9-19-16-8-15(22-23-11-20-21-17(16)23)12-4-6-13(24-3)7-5-12/h4-8,11,14,19H,9-10H2,1-3H3. The van der Waals surface area contributed by atoms with Gasteiger partial charge in [0.2, 0.25) is 5.65 Å². The van der Waals surface area contributed by atoms with Gasteiger partial charge in [0.15, 0.2) is 5.79 Å². The molecular formula is C18H21N5O3. The van der Waals surface area contributed by atoms with E-state index in [-0.39, 0.29) is 6.10 Å². The molecule has 26 heavy (non-hydrogen) atoms. The van der Waals surface area contributed by atoms with Crippen LogP contribution in [-0.4, -0.2) is 52.0 Å². The highest BCUT2D eigenvalue weighted by atomic mass is 16.7. The molecule has 0 spiro atoms. The Labute approximate surface area is 151 Å². The number of rotatable bonds is 5. The van der Waals surface area contributed by atoms with Gasteiger partial charge in [-0.3, -0.25) is 0 Å². The molecule has 1 aliphatic heterocycles. The molecule has 8 heteroatoms. The van der Waals surface area contributed by atoms with Gasteiger partial charge in [0.25, 0.3) is 0 Å². The molecule has 3 heterocycles. The highest BCUT2D eigenvalue weighted by Gasteiger charge is 2.32. The van der Waals surface area contributed by atoms with Gasteiger partial charge in [-0.2, -0.15) is 9.61 Å². The Balaban J connectivity index is 1.60. The molecule has 1 aromatic carbocycles. The average molecular weight is 355 g/mol. The van der Waals surface area contributed by atoms with Gasteiger partial charge in [-0.25, -0.2) is 0 Å². The molecule has 0 bridgehead atoms. The maximum atomic E-state index is 5.85. The van der Waals surface area contributed by atoms with Crippen molar-refractivity contribution >= 4 is 11.3 Å². The number of hydrogen-bond acceptors (Lipinski definition) is 7. The molecule has 0 amide bonds. The summed E-state index contributed by atoms with van der Waals surface area (Å²) in [5, 5.41) is 16.1. The van der Waals surface area contributed by atoms with Crippen LogP contribution in [0.2, 0.25) is 0 Å². The van der Waals surface area contributed by atoms with E-state index in [0.29, 0.717) is 18.8 Å². The summed E-state index contributed by atoms with van der Waals surface area (Å²) in [4.78, 5) is 0. The molecule has 8 nitrogen and oxygen atoms in total. The highest BCUT2D eigenvalue weighted by Crippen LogP contribution is 2.26. The molecule has 0 radical (unpaired) electrons. The van der Waals surface area contributed by atoms with Crippen LogP contribution < -0.4 is 10.1 Å². The molecule has 0 aliphatic carbocycles. The molecule has 0 saturated carbocycles. The molecule has 2 aromatic heterocycles. The van der Waals surface area contributed by atoms with Gasteiger partial charge in [0.1, 0.15) is 18.2 Å². The second-order valence-electron chi connectivity index (χ2n) is 6.60. The zero-order chi connectivity index (χ0) is 18.1. The van der Waals surface area contributed by atoms with Crippen molar-refractivity contribution in [2.75, 3.05) is 25.6 Å². The SMILES string of the molecule is COc1ccc(-c2cc(NCC3COC(C)(C)O3)c3nncn3n2)cc1. The molecule has 1 N–H and O–H groups in total. The van der Waals surface area contributed by atoms with E-state index in [1.807, 2.05) is 44.2 Å². The lowest BCUT2D eigenvalue weighted by molar-refractivity contribution is -0.136. The lowest BCUT2D eigenvalue weighted by atomic mass is 10.1. The van der Waals surface area contributed by atoms with Crippen LogP contribution in [0.3, 0.4) is 0 Å². The topological polar surface area (TPSA) is 82.8 Å². The number of anilines is 1. The summed E-state index contributed by atoms with van der Waals surface area (Å²) >= 11 is 0. The molecule has 1 aliphatic rings. The van der Waals surface area contributed by atoms with Gasteiger partial charge >= 0.3 is 0 Å². The van der Waals surface area contributed by atoms with Crippen LogP contribution in [-0.2, 0) is 9.47 Å². The second-order valence-corrected chi connectivity index (χ2v) is 6.60. The van der Waals surface area contributed by atoms with Crippen molar-refractivity contribution in [1.29, 1.82) is 0 Å². The number of nitrogens with zero attached hydrogens (tertiary/aromatic N) is 4. The van der Waals surface area contributed by atoms with Crippen molar-refractivity contribution in [3.8, 4) is 17.0 Å². The minimum Gasteiger partial charge on any atom is -0.497 e.